The minimum absolute atomic E-state index is 0.0531. The minimum atomic E-state index is 0.0531. The van der Waals surface area contributed by atoms with E-state index in [-0.39, 0.29) is 12.1 Å². The van der Waals surface area contributed by atoms with Gasteiger partial charge in [0, 0.05) is 0 Å². The SMILES string of the molecule is O=C[C@H]1N[C@@H]1c1ccccc1. The Morgan fingerprint density at radius 2 is 2.00 bits per heavy atom. The van der Waals surface area contributed by atoms with Crippen LogP contribution in [0.2, 0.25) is 0 Å². The second-order valence-corrected chi connectivity index (χ2v) is 2.72. The molecule has 2 rings (SSSR count). The van der Waals surface area contributed by atoms with Crippen LogP contribution in [0.25, 0.3) is 0 Å². The van der Waals surface area contributed by atoms with E-state index < -0.39 is 0 Å². The van der Waals surface area contributed by atoms with Gasteiger partial charge in [0.2, 0.25) is 0 Å². The Morgan fingerprint density at radius 1 is 1.27 bits per heavy atom. The molecule has 2 heteroatoms. The lowest BCUT2D eigenvalue weighted by molar-refractivity contribution is -0.107. The molecule has 1 aromatic carbocycles. The van der Waals surface area contributed by atoms with E-state index in [2.05, 4.69) is 5.32 Å². The predicted octanol–water partition coefficient (Wildman–Crippen LogP) is 0.898. The Morgan fingerprint density at radius 3 is 2.55 bits per heavy atom. The molecule has 1 N–H and O–H groups in total. The first kappa shape index (κ1) is 6.55. The third-order valence-electron chi connectivity index (χ3n) is 1.93. The van der Waals surface area contributed by atoms with Gasteiger partial charge < -0.3 is 4.79 Å². The van der Waals surface area contributed by atoms with Crippen molar-refractivity contribution in [2.24, 2.45) is 0 Å². The van der Waals surface area contributed by atoms with Crippen LogP contribution in [0, 0.1) is 0 Å². The third-order valence-corrected chi connectivity index (χ3v) is 1.93. The minimum Gasteiger partial charge on any atom is -0.302 e. The van der Waals surface area contributed by atoms with Crippen molar-refractivity contribution < 1.29 is 4.79 Å². The van der Waals surface area contributed by atoms with Crippen LogP contribution in [0.5, 0.6) is 0 Å². The molecule has 1 fully saturated rings. The van der Waals surface area contributed by atoms with Crippen LogP contribution in [0.15, 0.2) is 30.3 Å². The lowest BCUT2D eigenvalue weighted by Gasteiger charge is -1.92. The Labute approximate surface area is 65.2 Å². The number of benzene rings is 1. The van der Waals surface area contributed by atoms with Crippen molar-refractivity contribution in [3.8, 4) is 0 Å². The van der Waals surface area contributed by atoms with Gasteiger partial charge in [0.05, 0.1) is 12.1 Å². The molecule has 0 amide bonds. The topological polar surface area (TPSA) is 39.0 Å². The van der Waals surface area contributed by atoms with Crippen molar-refractivity contribution in [2.45, 2.75) is 12.1 Å². The highest BCUT2D eigenvalue weighted by Gasteiger charge is 2.36. The van der Waals surface area contributed by atoms with Gasteiger partial charge in [0.25, 0.3) is 0 Å². The average Bonchev–Trinajstić information content (AvgIpc) is 2.85. The van der Waals surface area contributed by atoms with E-state index in [1.54, 1.807) is 0 Å². The third kappa shape index (κ3) is 1.17. The Hall–Kier alpha value is -1.15. The van der Waals surface area contributed by atoms with Crippen LogP contribution in [0.4, 0.5) is 0 Å². The maximum Gasteiger partial charge on any atom is 0.138 e. The summed E-state index contributed by atoms with van der Waals surface area (Å²) in [6.45, 7) is 0. The molecular formula is C9H9NO. The largest absolute Gasteiger partial charge is 0.302 e. The van der Waals surface area contributed by atoms with E-state index in [9.17, 15) is 4.79 Å². The summed E-state index contributed by atoms with van der Waals surface area (Å²) in [7, 11) is 0. The van der Waals surface area contributed by atoms with Crippen molar-refractivity contribution in [1.82, 2.24) is 5.32 Å². The van der Waals surface area contributed by atoms with Gasteiger partial charge in [-0.15, -0.1) is 0 Å². The lowest BCUT2D eigenvalue weighted by Crippen LogP contribution is -1.89. The van der Waals surface area contributed by atoms with Gasteiger partial charge in [-0.2, -0.15) is 0 Å². The van der Waals surface area contributed by atoms with Gasteiger partial charge in [-0.05, 0) is 5.56 Å². The molecule has 2 atom stereocenters. The van der Waals surface area contributed by atoms with Gasteiger partial charge in [0.15, 0.2) is 0 Å². The van der Waals surface area contributed by atoms with Crippen LogP contribution < -0.4 is 5.32 Å². The molecule has 1 heterocycles. The zero-order valence-corrected chi connectivity index (χ0v) is 6.03. The van der Waals surface area contributed by atoms with Crippen molar-refractivity contribution in [2.75, 3.05) is 0 Å². The molecule has 1 aliphatic rings. The summed E-state index contributed by atoms with van der Waals surface area (Å²) in [6, 6.07) is 10.3. The van der Waals surface area contributed by atoms with E-state index in [0.717, 1.165) is 6.29 Å². The van der Waals surface area contributed by atoms with Gasteiger partial charge in [-0.25, -0.2) is 0 Å². The molecular weight excluding hydrogens is 138 g/mol. The second kappa shape index (κ2) is 2.47. The second-order valence-electron chi connectivity index (χ2n) is 2.72. The predicted molar refractivity (Wildman–Crippen MR) is 42.2 cm³/mol. The number of aldehydes is 1. The molecule has 0 aromatic heterocycles. The highest BCUT2D eigenvalue weighted by atomic mass is 16.1. The van der Waals surface area contributed by atoms with Crippen molar-refractivity contribution in [3.05, 3.63) is 35.9 Å². The summed E-state index contributed by atoms with van der Waals surface area (Å²) in [5, 5.41) is 3.07. The van der Waals surface area contributed by atoms with Crippen LogP contribution >= 0.6 is 0 Å². The van der Waals surface area contributed by atoms with E-state index in [4.69, 9.17) is 0 Å². The van der Waals surface area contributed by atoms with Crippen molar-refractivity contribution >= 4 is 6.29 Å². The van der Waals surface area contributed by atoms with Gasteiger partial charge in [0.1, 0.15) is 6.29 Å². The lowest BCUT2D eigenvalue weighted by atomic mass is 10.1. The molecule has 2 nitrogen and oxygen atoms in total. The molecule has 11 heavy (non-hydrogen) atoms. The Bertz CT molecular complexity index is 258. The van der Waals surface area contributed by atoms with Crippen molar-refractivity contribution in [1.29, 1.82) is 0 Å². The number of carbonyl (C=O) groups excluding carboxylic acids is 1. The molecule has 0 bridgehead atoms. The molecule has 0 aliphatic carbocycles. The van der Waals surface area contributed by atoms with E-state index in [0.29, 0.717) is 0 Å². The highest BCUT2D eigenvalue weighted by molar-refractivity contribution is 5.65. The van der Waals surface area contributed by atoms with E-state index in [1.807, 2.05) is 30.3 Å². The van der Waals surface area contributed by atoms with Gasteiger partial charge in [-0.1, -0.05) is 30.3 Å². The maximum absolute atomic E-state index is 10.3. The zero-order valence-electron chi connectivity index (χ0n) is 6.03. The fraction of sp³-hybridized carbons (Fsp3) is 0.222. The van der Waals surface area contributed by atoms with Crippen molar-refractivity contribution in [3.63, 3.8) is 0 Å². The number of carbonyl (C=O) groups is 1. The Kier molecular flexibility index (Phi) is 1.47. The maximum atomic E-state index is 10.3. The smallest absolute Gasteiger partial charge is 0.138 e. The molecule has 1 saturated heterocycles. The number of nitrogens with one attached hydrogen (secondary N) is 1. The zero-order chi connectivity index (χ0) is 7.68. The monoisotopic (exact) mass is 147 g/mol. The highest BCUT2D eigenvalue weighted by Crippen LogP contribution is 2.27. The summed E-state index contributed by atoms with van der Waals surface area (Å²) < 4.78 is 0. The first-order valence-corrected chi connectivity index (χ1v) is 3.68. The quantitative estimate of drug-likeness (QED) is 0.498. The summed E-state index contributed by atoms with van der Waals surface area (Å²) >= 11 is 0. The molecule has 0 radical (unpaired) electrons. The first-order valence-electron chi connectivity index (χ1n) is 3.68. The molecule has 1 aliphatic heterocycles. The summed E-state index contributed by atoms with van der Waals surface area (Å²) in [5.41, 5.74) is 1.20. The summed E-state index contributed by atoms with van der Waals surface area (Å²) in [5.74, 6) is 0. The van der Waals surface area contributed by atoms with Gasteiger partial charge >= 0.3 is 0 Å². The average molecular weight is 147 g/mol. The van der Waals surface area contributed by atoms with E-state index >= 15 is 0 Å². The summed E-state index contributed by atoms with van der Waals surface area (Å²) in [6.07, 6.45) is 0.956. The van der Waals surface area contributed by atoms with E-state index in [1.165, 1.54) is 5.56 Å². The first-order chi connectivity index (χ1) is 5.42. The number of hydrogen-bond acceptors (Lipinski definition) is 2. The number of hydrogen-bond donors (Lipinski definition) is 1. The molecule has 0 unspecified atom stereocenters. The van der Waals surface area contributed by atoms with Crippen LogP contribution in [-0.2, 0) is 4.79 Å². The normalized spacial score (nSPS) is 28.0. The molecule has 0 saturated carbocycles. The number of rotatable bonds is 2. The standard InChI is InChI=1S/C9H9NO/c11-6-8-9(10-8)7-4-2-1-3-5-7/h1-6,8-10H/t8-,9-/m1/s1. The van der Waals surface area contributed by atoms with Crippen LogP contribution in [0.1, 0.15) is 11.6 Å². The molecule has 0 spiro atoms. The van der Waals surface area contributed by atoms with Crippen LogP contribution in [-0.4, -0.2) is 12.3 Å². The van der Waals surface area contributed by atoms with Gasteiger partial charge in [-0.3, -0.25) is 5.32 Å². The molecule has 56 valence electrons. The fourth-order valence-electron chi connectivity index (χ4n) is 1.23. The Balaban J connectivity index is 2.14. The molecule has 1 aromatic rings. The summed E-state index contributed by atoms with van der Waals surface area (Å²) in [4.78, 5) is 10.3. The fourth-order valence-corrected chi connectivity index (χ4v) is 1.23. The van der Waals surface area contributed by atoms with Crippen LogP contribution in [0.3, 0.4) is 0 Å².